The van der Waals surface area contributed by atoms with Crippen LogP contribution in [0.5, 0.6) is 0 Å². The number of thiol groups is 1. The average molecular weight is 262 g/mol. The van der Waals surface area contributed by atoms with Gasteiger partial charge < -0.3 is 4.98 Å². The summed E-state index contributed by atoms with van der Waals surface area (Å²) < 4.78 is 31.1. The predicted molar refractivity (Wildman–Crippen MR) is 64.5 cm³/mol. The van der Waals surface area contributed by atoms with Gasteiger partial charge in [0.25, 0.3) is 0 Å². The van der Waals surface area contributed by atoms with Gasteiger partial charge in [-0.2, -0.15) is 13.2 Å². The number of halogens is 3. The molecule has 0 fully saturated rings. The first kappa shape index (κ1) is 13.9. The van der Waals surface area contributed by atoms with E-state index in [1.807, 2.05) is 0 Å². The van der Waals surface area contributed by atoms with Crippen LogP contribution >= 0.6 is 12.6 Å². The lowest BCUT2D eigenvalue weighted by atomic mass is 10.1. The lowest BCUT2D eigenvalue weighted by Crippen LogP contribution is -1.95. The summed E-state index contributed by atoms with van der Waals surface area (Å²) in [5.74, 6) is 0. The maximum absolute atomic E-state index is 10.4. The molecule has 1 aromatic heterocycles. The number of fused-ring (bicyclic) bond motifs is 1. The van der Waals surface area contributed by atoms with E-state index in [1.54, 1.807) is 0 Å². The highest BCUT2D eigenvalue weighted by Crippen LogP contribution is 2.18. The van der Waals surface area contributed by atoms with Gasteiger partial charge >= 0.3 is 6.18 Å². The second-order valence-electron chi connectivity index (χ2n) is 3.80. The molecule has 1 aromatic carbocycles. The summed E-state index contributed by atoms with van der Waals surface area (Å²) in [6, 6.07) is 4.16. The number of nitrogens with one attached hydrogen (secondary N) is 1. The van der Waals surface area contributed by atoms with Crippen LogP contribution in [0.2, 0.25) is 0 Å². The number of alkyl halides is 3. The molecule has 0 bridgehead atoms. The molecule has 0 atom stereocenters. The molecule has 2 nitrogen and oxygen atoms in total. The van der Waals surface area contributed by atoms with Crippen molar-refractivity contribution in [1.82, 2.24) is 9.97 Å². The van der Waals surface area contributed by atoms with Gasteiger partial charge in [0.15, 0.2) is 5.16 Å². The molecule has 0 aliphatic carbocycles. The van der Waals surface area contributed by atoms with E-state index in [0.29, 0.717) is 5.16 Å². The molecule has 0 amide bonds. The smallest absolute Gasteiger partial charge is 0.333 e. The standard InChI is InChI=1S/C9H10N2S.C2H3F3/c1-5-3-7-8(4-6(5)2)11-9(12)10-7;1-2(3,4)5/h3-4H,1-2H3,(H2,10,11,12);1H3. The minimum absolute atomic E-state index is 0.188. The zero-order valence-electron chi connectivity index (χ0n) is 9.68. The van der Waals surface area contributed by atoms with E-state index in [9.17, 15) is 13.2 Å². The van der Waals surface area contributed by atoms with Crippen LogP contribution in [-0.4, -0.2) is 16.1 Å². The number of aromatic amines is 1. The molecule has 0 unspecified atom stereocenters. The Morgan fingerprint density at radius 1 is 1.18 bits per heavy atom. The van der Waals surface area contributed by atoms with Crippen LogP contribution in [0.1, 0.15) is 18.1 Å². The molecule has 17 heavy (non-hydrogen) atoms. The summed E-state index contributed by atoms with van der Waals surface area (Å²) in [6.07, 6.45) is -4.00. The Balaban J connectivity index is 0.000000249. The van der Waals surface area contributed by atoms with Crippen molar-refractivity contribution in [3.63, 3.8) is 0 Å². The SMILES string of the molecule is CC(F)(F)F.Cc1cc2nc(S)[nH]c2cc1C. The van der Waals surface area contributed by atoms with E-state index < -0.39 is 6.18 Å². The fourth-order valence-electron chi connectivity index (χ4n) is 1.26. The van der Waals surface area contributed by atoms with Crippen molar-refractivity contribution in [3.05, 3.63) is 23.3 Å². The quantitative estimate of drug-likeness (QED) is 0.689. The second-order valence-corrected chi connectivity index (χ2v) is 4.22. The van der Waals surface area contributed by atoms with Crippen LogP contribution in [-0.2, 0) is 0 Å². The number of rotatable bonds is 0. The Morgan fingerprint density at radius 3 is 2.18 bits per heavy atom. The number of benzene rings is 1. The molecule has 0 aliphatic heterocycles. The van der Waals surface area contributed by atoms with E-state index >= 15 is 0 Å². The highest BCUT2D eigenvalue weighted by atomic mass is 32.1. The highest BCUT2D eigenvalue weighted by Gasteiger charge is 2.15. The number of hydrogen-bond donors (Lipinski definition) is 2. The molecule has 6 heteroatoms. The largest absolute Gasteiger partial charge is 0.386 e. The number of aryl methyl sites for hydroxylation is 2. The van der Waals surface area contributed by atoms with E-state index in [4.69, 9.17) is 0 Å². The number of imidazole rings is 1. The maximum atomic E-state index is 10.4. The summed E-state index contributed by atoms with van der Waals surface area (Å²) in [4.78, 5) is 7.30. The van der Waals surface area contributed by atoms with Crippen LogP contribution < -0.4 is 0 Å². The van der Waals surface area contributed by atoms with Gasteiger partial charge in [-0.1, -0.05) is 0 Å². The third-order valence-corrected chi connectivity index (χ3v) is 2.30. The number of H-pyrrole nitrogens is 1. The van der Waals surface area contributed by atoms with Crippen molar-refractivity contribution >= 4 is 23.7 Å². The summed E-state index contributed by atoms with van der Waals surface area (Å²) >= 11 is 4.14. The summed E-state index contributed by atoms with van der Waals surface area (Å²) in [5.41, 5.74) is 4.59. The van der Waals surface area contributed by atoms with Crippen molar-refractivity contribution in [2.45, 2.75) is 32.1 Å². The van der Waals surface area contributed by atoms with Crippen LogP contribution in [0.25, 0.3) is 11.0 Å². The minimum Gasteiger partial charge on any atom is -0.333 e. The van der Waals surface area contributed by atoms with Crippen molar-refractivity contribution < 1.29 is 13.2 Å². The molecule has 1 N–H and O–H groups in total. The van der Waals surface area contributed by atoms with Gasteiger partial charge in [0.1, 0.15) is 0 Å². The van der Waals surface area contributed by atoms with Gasteiger partial charge in [0, 0.05) is 6.92 Å². The molecular formula is C11H13F3N2S. The molecule has 0 saturated carbocycles. The summed E-state index contributed by atoms with van der Waals surface area (Å²) in [5, 5.41) is 0.676. The lowest BCUT2D eigenvalue weighted by molar-refractivity contribution is -0.110. The van der Waals surface area contributed by atoms with Crippen molar-refractivity contribution in [3.8, 4) is 0 Å². The monoisotopic (exact) mass is 262 g/mol. The van der Waals surface area contributed by atoms with Crippen LogP contribution in [0, 0.1) is 13.8 Å². The van der Waals surface area contributed by atoms with Gasteiger partial charge in [-0.3, -0.25) is 0 Å². The zero-order valence-corrected chi connectivity index (χ0v) is 10.6. The topological polar surface area (TPSA) is 28.7 Å². The first-order valence-corrected chi connectivity index (χ1v) is 5.34. The molecule has 94 valence electrons. The molecule has 0 saturated heterocycles. The fourth-order valence-corrected chi connectivity index (χ4v) is 1.48. The Labute approximate surface area is 103 Å². The fraction of sp³-hybridized carbons (Fsp3) is 0.364. The number of aromatic nitrogens is 2. The maximum Gasteiger partial charge on any atom is 0.386 e. The molecule has 0 aliphatic rings. The third kappa shape index (κ3) is 4.68. The molecule has 0 radical (unpaired) electrons. The predicted octanol–water partition coefficient (Wildman–Crippen LogP) is 4.04. The van der Waals surface area contributed by atoms with Crippen LogP contribution in [0.15, 0.2) is 17.3 Å². The Hall–Kier alpha value is -1.17. The molecule has 1 heterocycles. The first-order valence-electron chi connectivity index (χ1n) is 4.89. The Bertz CT molecular complexity index is 472. The normalized spacial score (nSPS) is 11.2. The van der Waals surface area contributed by atoms with E-state index in [1.165, 1.54) is 11.1 Å². The molecule has 0 spiro atoms. The Morgan fingerprint density at radius 2 is 1.65 bits per heavy atom. The number of nitrogens with zero attached hydrogens (tertiary/aromatic N) is 1. The van der Waals surface area contributed by atoms with Crippen LogP contribution in [0.4, 0.5) is 13.2 Å². The third-order valence-electron chi connectivity index (χ3n) is 2.08. The first-order chi connectivity index (χ1) is 7.66. The van der Waals surface area contributed by atoms with Crippen LogP contribution in [0.3, 0.4) is 0 Å². The highest BCUT2D eigenvalue weighted by molar-refractivity contribution is 7.80. The molecule has 2 aromatic rings. The second kappa shape index (κ2) is 5.00. The van der Waals surface area contributed by atoms with E-state index in [0.717, 1.165) is 11.0 Å². The number of hydrogen-bond acceptors (Lipinski definition) is 2. The molecular weight excluding hydrogens is 249 g/mol. The van der Waals surface area contributed by atoms with Gasteiger partial charge in [0.05, 0.1) is 11.0 Å². The van der Waals surface area contributed by atoms with Gasteiger partial charge in [-0.05, 0) is 37.1 Å². The van der Waals surface area contributed by atoms with Gasteiger partial charge in [0.2, 0.25) is 0 Å². The Kier molecular flexibility index (Phi) is 4.08. The lowest BCUT2D eigenvalue weighted by Gasteiger charge is -1.97. The zero-order chi connectivity index (χ0) is 13.2. The molecule has 2 rings (SSSR count). The van der Waals surface area contributed by atoms with Crippen molar-refractivity contribution in [2.75, 3.05) is 0 Å². The van der Waals surface area contributed by atoms with E-state index in [-0.39, 0.29) is 6.92 Å². The van der Waals surface area contributed by atoms with E-state index in [2.05, 4.69) is 48.6 Å². The summed E-state index contributed by atoms with van der Waals surface area (Å²) in [6.45, 7) is 4.36. The van der Waals surface area contributed by atoms with Crippen molar-refractivity contribution in [1.29, 1.82) is 0 Å². The van der Waals surface area contributed by atoms with Gasteiger partial charge in [-0.15, -0.1) is 12.6 Å². The van der Waals surface area contributed by atoms with Crippen molar-refractivity contribution in [2.24, 2.45) is 0 Å². The van der Waals surface area contributed by atoms with Gasteiger partial charge in [-0.25, -0.2) is 4.98 Å². The average Bonchev–Trinajstić information content (AvgIpc) is 2.42. The minimum atomic E-state index is -4.00. The summed E-state index contributed by atoms with van der Waals surface area (Å²) in [7, 11) is 0.